The highest BCUT2D eigenvalue weighted by atomic mass is 32.1. The fourth-order valence-corrected chi connectivity index (χ4v) is 15.1. The quantitative estimate of drug-likeness (QED) is 0.0712. The molecule has 1 aromatic carbocycles. The number of nitrogens with zero attached hydrogens (tertiary/aromatic N) is 8. The zero-order valence-corrected chi connectivity index (χ0v) is 48.9. The topological polar surface area (TPSA) is 346 Å². The maximum absolute atomic E-state index is 14.3. The first-order valence-electron chi connectivity index (χ1n) is 25.7. The second kappa shape index (κ2) is 24.2. The number of thiazole rings is 6. The molecule has 24 nitrogen and oxygen atoms in total. The third-order valence-electron chi connectivity index (χ3n) is 14.1. The van der Waals surface area contributed by atoms with Gasteiger partial charge < -0.3 is 41.0 Å². The van der Waals surface area contributed by atoms with Crippen LogP contribution in [0.3, 0.4) is 0 Å². The number of benzene rings is 1. The number of anilines is 1. The number of carbonyl (C=O) groups is 7. The van der Waals surface area contributed by atoms with Gasteiger partial charge in [-0.1, -0.05) is 37.3 Å². The Morgan fingerprint density at radius 2 is 1.41 bits per heavy atom. The van der Waals surface area contributed by atoms with Gasteiger partial charge in [0.15, 0.2) is 0 Å². The molecule has 2 fully saturated rings. The first kappa shape index (κ1) is 57.0. The van der Waals surface area contributed by atoms with Gasteiger partial charge >= 0.3 is 18.1 Å². The van der Waals surface area contributed by atoms with Gasteiger partial charge in [0.05, 0.1) is 43.3 Å². The lowest BCUT2D eigenvalue weighted by atomic mass is 9.87. The Bertz CT molecular complexity index is 3790. The van der Waals surface area contributed by atoms with Crippen LogP contribution in [0.5, 0.6) is 0 Å². The van der Waals surface area contributed by atoms with Gasteiger partial charge in [0, 0.05) is 49.8 Å². The zero-order chi connectivity index (χ0) is 58.2. The number of ether oxygens (including phenoxy) is 2. The van der Waals surface area contributed by atoms with Crippen LogP contribution < -0.4 is 27.0 Å². The summed E-state index contributed by atoms with van der Waals surface area (Å²) in [6.45, 7) is 3.29. The van der Waals surface area contributed by atoms with Gasteiger partial charge in [-0.15, -0.1) is 68.0 Å². The number of carbonyl (C=O) groups excluding carboxylic acids is 7. The summed E-state index contributed by atoms with van der Waals surface area (Å²) in [4.78, 5) is 129. The van der Waals surface area contributed by atoms with Gasteiger partial charge in [-0.25, -0.2) is 44.5 Å². The van der Waals surface area contributed by atoms with Crippen LogP contribution in [0, 0.1) is 18.8 Å². The minimum atomic E-state index is -1.39. The van der Waals surface area contributed by atoms with Gasteiger partial charge in [-0.2, -0.15) is 0 Å². The number of imide groups is 1. The summed E-state index contributed by atoms with van der Waals surface area (Å²) in [5, 5.41) is 43.9. The van der Waals surface area contributed by atoms with Gasteiger partial charge in [0.1, 0.15) is 88.3 Å². The van der Waals surface area contributed by atoms with Crippen molar-refractivity contribution in [2.24, 2.45) is 17.6 Å². The van der Waals surface area contributed by atoms with E-state index in [2.05, 4.69) is 36.2 Å². The van der Waals surface area contributed by atoms with Crippen molar-refractivity contribution in [1.29, 1.82) is 0 Å². The third-order valence-corrected chi connectivity index (χ3v) is 19.7. The summed E-state index contributed by atoms with van der Waals surface area (Å²) >= 11 is 6.89. The average Bonchev–Trinajstić information content (AvgIpc) is 4.54. The van der Waals surface area contributed by atoms with E-state index in [1.807, 2.05) is 0 Å². The van der Waals surface area contributed by atoms with E-state index < -0.39 is 78.4 Å². The minimum Gasteiger partial charge on any atom is -0.469 e. The summed E-state index contributed by atoms with van der Waals surface area (Å²) in [6.07, 6.45) is -1.73. The fourth-order valence-electron chi connectivity index (χ4n) is 9.84. The van der Waals surface area contributed by atoms with Crippen molar-refractivity contribution in [2.45, 2.75) is 82.4 Å². The highest BCUT2D eigenvalue weighted by Gasteiger charge is 2.44. The Hall–Kier alpha value is -7.84. The number of hydrogen-bond donors (Lipinski definition) is 7. The van der Waals surface area contributed by atoms with Gasteiger partial charge in [0.2, 0.25) is 5.91 Å². The number of methoxy groups -OCH3 is 1. The van der Waals surface area contributed by atoms with E-state index >= 15 is 0 Å². The number of aliphatic hydroxyl groups is 2. The molecule has 0 spiro atoms. The number of esters is 1. The lowest BCUT2D eigenvalue weighted by Gasteiger charge is -2.26. The number of nitrogens with one attached hydrogen (secondary N) is 4. The third kappa shape index (κ3) is 12.2. The molecule has 30 heteroatoms. The maximum Gasteiger partial charge on any atom is 0.413 e. The van der Waals surface area contributed by atoms with Crippen LogP contribution >= 0.6 is 68.0 Å². The van der Waals surface area contributed by atoms with E-state index in [9.17, 15) is 43.8 Å². The Morgan fingerprint density at radius 3 is 2.18 bits per heavy atom. The summed E-state index contributed by atoms with van der Waals surface area (Å²) in [5.41, 5.74) is 7.96. The number of hydrogen-bond acceptors (Lipinski definition) is 24. The summed E-state index contributed by atoms with van der Waals surface area (Å²) in [7, 11) is 1.35. The Morgan fingerprint density at radius 1 is 0.735 bits per heavy atom. The van der Waals surface area contributed by atoms with E-state index in [-0.39, 0.29) is 57.5 Å². The number of urea groups is 1. The number of primary amides is 1. The second-order valence-electron chi connectivity index (χ2n) is 19.6. The molecule has 8 N–H and O–H groups in total. The molecule has 2 aliphatic heterocycles. The monoisotopic (exact) mass is 1240 g/mol. The molecule has 428 valence electrons. The van der Waals surface area contributed by atoms with Crippen LogP contribution in [0.4, 0.5) is 15.4 Å². The van der Waals surface area contributed by atoms with Crippen molar-refractivity contribution >= 4 is 116 Å². The SMILES string of the molecule is COC(=O)C1CCC(OC(=O)Nc2csc(-c3ccc4c(n3)-c3csc(n3)-c3csc(n3)[C@@H]3[C@@H](C)[C@@H](O)CN3C(=O)NC(=O)c3csc(n3)[C@H]([C@H](O)c3ccccc3)NC(=O)c3nc(sc3C)[C@H](CC(N)=O)NC(=O)c3csc-4n3)n2)CC1. The Labute approximate surface area is 495 Å². The van der Waals surface area contributed by atoms with Crippen molar-refractivity contribution in [3.8, 4) is 43.4 Å². The molecule has 8 aromatic rings. The summed E-state index contributed by atoms with van der Waals surface area (Å²) in [6, 6.07) is 8.04. The first-order valence-corrected chi connectivity index (χ1v) is 31.0. The minimum absolute atomic E-state index is 0.0186. The molecular weight excluding hydrogens is 1190 g/mol. The van der Waals surface area contributed by atoms with Gasteiger partial charge in [0.25, 0.3) is 17.7 Å². The molecule has 6 atom stereocenters. The number of amides is 7. The van der Waals surface area contributed by atoms with E-state index in [1.54, 1.807) is 77.8 Å². The Kier molecular flexibility index (Phi) is 16.6. The number of aromatic nitrogens is 7. The second-order valence-corrected chi connectivity index (χ2v) is 25.2. The molecule has 7 aromatic heterocycles. The fraction of sp³-hybridized carbons (Fsp3) is 0.321. The van der Waals surface area contributed by atoms with Crippen LogP contribution in [0.25, 0.3) is 43.4 Å². The van der Waals surface area contributed by atoms with Crippen molar-refractivity contribution in [1.82, 2.24) is 55.7 Å². The normalized spacial score (nSPS) is 21.5. The lowest BCUT2D eigenvalue weighted by molar-refractivity contribution is -0.147. The standard InChI is InChI=1S/C53H49N13O11S6/c1-22-34(67)16-66-40(22)50-60-33(20-81-50)47-57-30(17-79-47)38-27(13-14-28(55-38)46-61-36(21-82-46)62-53(75)77-26-11-9-25(10-12-26)51(73)76-3)45-58-31(18-78-45)42(70)56-29(15-35(54)68)48-64-37(23(2)83-48)44(72)63-39(41(69)24-7-5-4-6-8-24)49-59-32(19-80-49)43(71)65-52(66)74/h4-8,13-14,17-22,25-26,29,34,39-41,67,69H,9-12,15-16H2,1-3H3,(H2,54,68)(H,56,70)(H,62,75)(H,63,72)(H,65,71,74)/t22-,25?,26?,29-,34-,39-,40-,41+/m0/s1. The van der Waals surface area contributed by atoms with Gasteiger partial charge in [-0.05, 0) is 50.3 Å². The molecule has 1 saturated carbocycles. The van der Waals surface area contributed by atoms with Crippen molar-refractivity contribution in [3.63, 3.8) is 0 Å². The molecule has 3 aliphatic rings. The van der Waals surface area contributed by atoms with Crippen LogP contribution in [0.1, 0.15) is 120 Å². The zero-order valence-electron chi connectivity index (χ0n) is 44.0. The number of pyridine rings is 1. The summed E-state index contributed by atoms with van der Waals surface area (Å²) < 4.78 is 10.5. The largest absolute Gasteiger partial charge is 0.469 e. The predicted molar refractivity (Wildman–Crippen MR) is 309 cm³/mol. The van der Waals surface area contributed by atoms with Crippen LogP contribution in [0.15, 0.2) is 69.4 Å². The van der Waals surface area contributed by atoms with Crippen molar-refractivity contribution in [2.75, 3.05) is 19.0 Å². The number of aryl methyl sites for hydroxylation is 1. The van der Waals surface area contributed by atoms with Gasteiger partial charge in [-0.3, -0.25) is 34.6 Å². The smallest absolute Gasteiger partial charge is 0.413 e. The number of nitrogens with two attached hydrogens (primary N) is 1. The molecule has 1 saturated heterocycles. The van der Waals surface area contributed by atoms with Crippen LogP contribution in [0.2, 0.25) is 0 Å². The van der Waals surface area contributed by atoms with E-state index in [0.717, 1.165) is 34.0 Å². The molecule has 10 bridgehead atoms. The number of fused-ring (bicyclic) bond motifs is 16. The van der Waals surface area contributed by atoms with E-state index in [1.165, 1.54) is 51.4 Å². The van der Waals surface area contributed by atoms with Crippen LogP contribution in [-0.2, 0) is 19.1 Å². The lowest BCUT2D eigenvalue weighted by Crippen LogP contribution is -2.43. The first-order chi connectivity index (χ1) is 40.0. The molecular formula is C53H49N13O11S6. The Balaban J connectivity index is 0.940. The van der Waals surface area contributed by atoms with Crippen molar-refractivity contribution < 1.29 is 53.2 Å². The molecule has 0 radical (unpaired) electrons. The van der Waals surface area contributed by atoms with Crippen LogP contribution in [-0.4, -0.2) is 118 Å². The van der Waals surface area contributed by atoms with Crippen molar-refractivity contribution in [3.05, 3.63) is 112 Å². The molecule has 7 amide bonds. The highest BCUT2D eigenvalue weighted by Crippen LogP contribution is 2.43. The molecule has 1 aliphatic carbocycles. The summed E-state index contributed by atoms with van der Waals surface area (Å²) in [5.74, 6) is -3.86. The molecule has 11 rings (SSSR count). The predicted octanol–water partition coefficient (Wildman–Crippen LogP) is 7.85. The molecule has 0 unspecified atom stereocenters. The number of rotatable bonds is 8. The highest BCUT2D eigenvalue weighted by molar-refractivity contribution is 7.15. The van der Waals surface area contributed by atoms with E-state index in [0.29, 0.717) is 84.5 Å². The maximum atomic E-state index is 14.3. The number of aliphatic hydroxyl groups excluding tert-OH is 2. The van der Waals surface area contributed by atoms with E-state index in [4.69, 9.17) is 35.1 Å². The average molecular weight is 1240 g/mol. The molecule has 83 heavy (non-hydrogen) atoms. The molecule has 9 heterocycles.